The van der Waals surface area contributed by atoms with Gasteiger partial charge in [0.25, 0.3) is 5.91 Å². The van der Waals surface area contributed by atoms with Gasteiger partial charge in [-0.25, -0.2) is 0 Å². The summed E-state index contributed by atoms with van der Waals surface area (Å²) in [7, 11) is 0. The molecule has 6 heteroatoms. The van der Waals surface area contributed by atoms with E-state index >= 15 is 0 Å². The van der Waals surface area contributed by atoms with Crippen molar-refractivity contribution < 1.29 is 4.79 Å². The highest BCUT2D eigenvalue weighted by molar-refractivity contribution is 9.10. The maximum Gasteiger partial charge on any atom is 0.272 e. The maximum atomic E-state index is 12.2. The Morgan fingerprint density at radius 1 is 1.29 bits per heavy atom. The van der Waals surface area contributed by atoms with Gasteiger partial charge >= 0.3 is 0 Å². The van der Waals surface area contributed by atoms with Crippen LogP contribution in [0.5, 0.6) is 0 Å². The number of halogens is 2. The van der Waals surface area contributed by atoms with Crippen LogP contribution in [0.1, 0.15) is 35.6 Å². The Kier molecular flexibility index (Phi) is 4.88. The summed E-state index contributed by atoms with van der Waals surface area (Å²) in [4.78, 5) is 12.2. The molecule has 0 saturated heterocycles. The van der Waals surface area contributed by atoms with Gasteiger partial charge in [-0.2, -0.15) is 5.10 Å². The lowest BCUT2D eigenvalue weighted by molar-refractivity contribution is 0.0940. The number of nitrogens with zero attached hydrogens (tertiary/aromatic N) is 1. The average Bonchev–Trinajstić information content (AvgIpc) is 2.77. The predicted octanol–water partition coefficient (Wildman–Crippen LogP) is 3.95. The molecule has 0 aliphatic rings. The third kappa shape index (κ3) is 3.74. The smallest absolute Gasteiger partial charge is 0.272 e. The van der Waals surface area contributed by atoms with E-state index in [2.05, 4.69) is 73.4 Å². The molecule has 2 rings (SSSR count). The van der Waals surface area contributed by atoms with Crippen LogP contribution in [0.4, 0.5) is 0 Å². The maximum absolute atomic E-state index is 12.2. The van der Waals surface area contributed by atoms with Crippen LogP contribution >= 0.6 is 31.9 Å². The largest absolute Gasteiger partial charge is 0.350 e. The van der Waals surface area contributed by atoms with Gasteiger partial charge in [-0.15, -0.1) is 0 Å². The Hall–Kier alpha value is -1.14. The zero-order valence-electron chi connectivity index (χ0n) is 12.1. The summed E-state index contributed by atoms with van der Waals surface area (Å²) >= 11 is 6.79. The van der Waals surface area contributed by atoms with Crippen molar-refractivity contribution in [3.63, 3.8) is 0 Å². The van der Waals surface area contributed by atoms with Crippen molar-refractivity contribution in [1.82, 2.24) is 15.5 Å². The second-order valence-corrected chi connectivity index (χ2v) is 7.29. The van der Waals surface area contributed by atoms with Crippen molar-refractivity contribution in [2.24, 2.45) is 0 Å². The number of carbonyl (C=O) groups is 1. The fourth-order valence-electron chi connectivity index (χ4n) is 1.95. The first-order chi connectivity index (χ1) is 9.81. The van der Waals surface area contributed by atoms with E-state index in [9.17, 15) is 4.79 Å². The van der Waals surface area contributed by atoms with Crippen molar-refractivity contribution in [2.75, 3.05) is 6.54 Å². The molecule has 4 nitrogen and oxygen atoms in total. The van der Waals surface area contributed by atoms with E-state index in [4.69, 9.17) is 0 Å². The van der Waals surface area contributed by atoms with Gasteiger partial charge in [-0.1, -0.05) is 41.9 Å². The number of rotatable bonds is 4. The number of aromatic amines is 1. The highest BCUT2D eigenvalue weighted by Crippen LogP contribution is 2.24. The fourth-order valence-corrected chi connectivity index (χ4v) is 2.58. The number of carbonyl (C=O) groups excluding carboxylic acids is 1. The van der Waals surface area contributed by atoms with Crippen molar-refractivity contribution in [3.8, 4) is 0 Å². The van der Waals surface area contributed by atoms with Gasteiger partial charge in [0.05, 0.1) is 4.47 Å². The molecule has 1 heterocycles. The number of aromatic nitrogens is 2. The van der Waals surface area contributed by atoms with Gasteiger partial charge in [0.15, 0.2) is 5.69 Å². The third-order valence-electron chi connectivity index (χ3n) is 3.40. The summed E-state index contributed by atoms with van der Waals surface area (Å²) in [5.41, 5.74) is 2.24. The molecule has 1 amide bonds. The topological polar surface area (TPSA) is 57.8 Å². The molecule has 0 aliphatic carbocycles. The van der Waals surface area contributed by atoms with Crippen LogP contribution in [0.25, 0.3) is 0 Å². The number of aryl methyl sites for hydroxylation is 1. The van der Waals surface area contributed by atoms with E-state index in [1.807, 2.05) is 19.1 Å². The van der Waals surface area contributed by atoms with Crippen LogP contribution in [0.15, 0.2) is 33.2 Å². The molecule has 0 saturated carbocycles. The SMILES string of the molecule is Cc1[nH]nc(C(=O)NCC(C)(C)c2ccc(Br)cc2)c1Br. The summed E-state index contributed by atoms with van der Waals surface area (Å²) in [6.45, 7) is 6.59. The molecule has 0 atom stereocenters. The van der Waals surface area contributed by atoms with E-state index in [0.29, 0.717) is 16.7 Å². The number of nitrogens with one attached hydrogen (secondary N) is 2. The molecule has 112 valence electrons. The van der Waals surface area contributed by atoms with Crippen LogP contribution in [0.2, 0.25) is 0 Å². The van der Waals surface area contributed by atoms with Gasteiger partial charge in [-0.3, -0.25) is 9.89 Å². The van der Waals surface area contributed by atoms with Crippen LogP contribution in [0, 0.1) is 6.92 Å². The zero-order valence-corrected chi connectivity index (χ0v) is 15.3. The molecule has 0 spiro atoms. The Labute approximate surface area is 141 Å². The predicted molar refractivity (Wildman–Crippen MR) is 90.5 cm³/mol. The Morgan fingerprint density at radius 3 is 2.43 bits per heavy atom. The van der Waals surface area contributed by atoms with Gasteiger partial charge < -0.3 is 5.32 Å². The van der Waals surface area contributed by atoms with Crippen molar-refractivity contribution >= 4 is 37.8 Å². The molecule has 0 radical (unpaired) electrons. The van der Waals surface area contributed by atoms with Gasteiger partial charge in [0, 0.05) is 22.1 Å². The molecule has 2 aromatic rings. The van der Waals surface area contributed by atoms with Crippen LogP contribution in [-0.4, -0.2) is 22.6 Å². The first-order valence-corrected chi connectivity index (χ1v) is 8.14. The van der Waals surface area contributed by atoms with E-state index in [0.717, 1.165) is 10.2 Å². The first-order valence-electron chi connectivity index (χ1n) is 6.56. The van der Waals surface area contributed by atoms with Crippen molar-refractivity contribution in [2.45, 2.75) is 26.2 Å². The molecule has 21 heavy (non-hydrogen) atoms. The average molecular weight is 415 g/mol. The molecule has 0 aliphatic heterocycles. The molecular formula is C15H17Br2N3O. The van der Waals surface area contributed by atoms with E-state index in [1.54, 1.807) is 0 Å². The van der Waals surface area contributed by atoms with Gasteiger partial charge in [0.1, 0.15) is 0 Å². The third-order valence-corrected chi connectivity index (χ3v) is 4.90. The number of hydrogen-bond acceptors (Lipinski definition) is 2. The molecule has 2 N–H and O–H groups in total. The zero-order chi connectivity index (χ0) is 15.6. The summed E-state index contributed by atoms with van der Waals surface area (Å²) in [5.74, 6) is -0.184. The van der Waals surface area contributed by atoms with E-state index in [-0.39, 0.29) is 11.3 Å². The Balaban J connectivity index is 2.06. The molecule has 0 fully saturated rings. The Bertz CT molecular complexity index is 647. The molecule has 0 unspecified atom stereocenters. The van der Waals surface area contributed by atoms with Gasteiger partial charge in [-0.05, 0) is 40.5 Å². The summed E-state index contributed by atoms with van der Waals surface area (Å²) in [6, 6.07) is 8.13. The fraction of sp³-hybridized carbons (Fsp3) is 0.333. The van der Waals surface area contributed by atoms with Crippen molar-refractivity contribution in [3.05, 3.63) is 50.2 Å². The lowest BCUT2D eigenvalue weighted by Crippen LogP contribution is -2.37. The summed E-state index contributed by atoms with van der Waals surface area (Å²) < 4.78 is 1.75. The summed E-state index contributed by atoms with van der Waals surface area (Å²) in [5, 5.41) is 9.74. The van der Waals surface area contributed by atoms with Crippen LogP contribution < -0.4 is 5.32 Å². The second kappa shape index (κ2) is 6.32. The molecule has 0 bridgehead atoms. The lowest BCUT2D eigenvalue weighted by atomic mass is 9.84. The highest BCUT2D eigenvalue weighted by atomic mass is 79.9. The van der Waals surface area contributed by atoms with E-state index in [1.165, 1.54) is 5.56 Å². The first kappa shape index (κ1) is 16.2. The number of H-pyrrole nitrogens is 1. The minimum atomic E-state index is -0.184. The normalized spacial score (nSPS) is 11.5. The highest BCUT2D eigenvalue weighted by Gasteiger charge is 2.23. The second-order valence-electron chi connectivity index (χ2n) is 5.58. The summed E-state index contributed by atoms with van der Waals surface area (Å²) in [6.07, 6.45) is 0. The monoisotopic (exact) mass is 413 g/mol. The Morgan fingerprint density at radius 2 is 1.90 bits per heavy atom. The van der Waals surface area contributed by atoms with Crippen LogP contribution in [0.3, 0.4) is 0 Å². The standard InChI is InChI=1S/C15H17Br2N3O/c1-9-12(17)13(20-19-9)14(21)18-8-15(2,3)10-4-6-11(16)7-5-10/h4-7H,8H2,1-3H3,(H,18,21)(H,19,20). The molecular weight excluding hydrogens is 398 g/mol. The van der Waals surface area contributed by atoms with Gasteiger partial charge in [0.2, 0.25) is 0 Å². The molecule has 1 aromatic carbocycles. The number of benzene rings is 1. The lowest BCUT2D eigenvalue weighted by Gasteiger charge is -2.25. The number of hydrogen-bond donors (Lipinski definition) is 2. The quantitative estimate of drug-likeness (QED) is 0.795. The minimum absolute atomic E-state index is 0.159. The van der Waals surface area contributed by atoms with Crippen LogP contribution in [-0.2, 0) is 5.41 Å². The number of amides is 1. The van der Waals surface area contributed by atoms with Crippen molar-refractivity contribution in [1.29, 1.82) is 0 Å². The minimum Gasteiger partial charge on any atom is -0.350 e. The molecule has 1 aromatic heterocycles. The van der Waals surface area contributed by atoms with E-state index < -0.39 is 0 Å².